The number of hydrogen-bond acceptors (Lipinski definition) is 3. The molecule has 5 heteroatoms. The minimum atomic E-state index is -0.653. The Morgan fingerprint density at radius 2 is 1.76 bits per heavy atom. The molecule has 132 valence electrons. The lowest BCUT2D eigenvalue weighted by Gasteiger charge is -2.15. The maximum absolute atomic E-state index is 12.3. The standard InChI is InChI=1S/C20H24N2O3/c1-4-14(2)21-20(24)16-9-8-10-17(13-16)22-19(23)15(3)25-18-11-6-5-7-12-18/h5-15H,4H2,1-3H3,(H,21,24)(H,22,23). The van der Waals surface area contributed by atoms with Crippen molar-refractivity contribution in [1.82, 2.24) is 5.32 Å². The van der Waals surface area contributed by atoms with Gasteiger partial charge in [-0.05, 0) is 50.6 Å². The molecule has 5 nitrogen and oxygen atoms in total. The number of benzene rings is 2. The molecule has 0 aliphatic rings. The van der Waals surface area contributed by atoms with Gasteiger partial charge in [-0.1, -0.05) is 31.2 Å². The van der Waals surface area contributed by atoms with Crippen molar-refractivity contribution in [3.05, 3.63) is 60.2 Å². The second kappa shape index (κ2) is 8.87. The van der Waals surface area contributed by atoms with E-state index < -0.39 is 6.10 Å². The highest BCUT2D eigenvalue weighted by Gasteiger charge is 2.16. The summed E-state index contributed by atoms with van der Waals surface area (Å²) in [6.07, 6.45) is 0.205. The van der Waals surface area contributed by atoms with Crippen molar-refractivity contribution in [2.75, 3.05) is 5.32 Å². The van der Waals surface area contributed by atoms with Crippen molar-refractivity contribution in [3.8, 4) is 5.75 Å². The number of hydrogen-bond donors (Lipinski definition) is 2. The summed E-state index contributed by atoms with van der Waals surface area (Å²) < 4.78 is 5.60. The van der Waals surface area contributed by atoms with E-state index in [4.69, 9.17) is 4.74 Å². The Kier molecular flexibility index (Phi) is 6.57. The Morgan fingerprint density at radius 1 is 1.04 bits per heavy atom. The van der Waals surface area contributed by atoms with E-state index >= 15 is 0 Å². The second-order valence-electron chi connectivity index (χ2n) is 5.93. The molecule has 2 aromatic rings. The number of ether oxygens (including phenoxy) is 1. The number of anilines is 1. The molecule has 0 spiro atoms. The highest BCUT2D eigenvalue weighted by Crippen LogP contribution is 2.14. The van der Waals surface area contributed by atoms with Gasteiger partial charge in [0.05, 0.1) is 0 Å². The van der Waals surface area contributed by atoms with Crippen LogP contribution >= 0.6 is 0 Å². The molecule has 2 rings (SSSR count). The molecule has 0 fully saturated rings. The number of carbonyl (C=O) groups is 2. The third-order valence-corrected chi connectivity index (χ3v) is 3.81. The van der Waals surface area contributed by atoms with Crippen molar-refractivity contribution in [3.63, 3.8) is 0 Å². The molecule has 2 N–H and O–H groups in total. The van der Waals surface area contributed by atoms with Crippen molar-refractivity contribution >= 4 is 17.5 Å². The van der Waals surface area contributed by atoms with E-state index in [9.17, 15) is 9.59 Å². The largest absolute Gasteiger partial charge is 0.481 e. The van der Waals surface area contributed by atoms with Gasteiger partial charge in [-0.2, -0.15) is 0 Å². The van der Waals surface area contributed by atoms with Crippen LogP contribution in [0.25, 0.3) is 0 Å². The molecule has 2 amide bonds. The van der Waals surface area contributed by atoms with Crippen LogP contribution in [0.15, 0.2) is 54.6 Å². The van der Waals surface area contributed by atoms with E-state index in [2.05, 4.69) is 10.6 Å². The molecular formula is C20H24N2O3. The van der Waals surface area contributed by atoms with Gasteiger partial charge in [0.2, 0.25) is 0 Å². The molecule has 2 aromatic carbocycles. The first-order chi connectivity index (χ1) is 12.0. The van der Waals surface area contributed by atoms with Crippen LogP contribution < -0.4 is 15.4 Å². The third-order valence-electron chi connectivity index (χ3n) is 3.81. The van der Waals surface area contributed by atoms with Gasteiger partial charge in [0.15, 0.2) is 6.10 Å². The minimum Gasteiger partial charge on any atom is -0.481 e. The highest BCUT2D eigenvalue weighted by atomic mass is 16.5. The van der Waals surface area contributed by atoms with Gasteiger partial charge in [-0.25, -0.2) is 0 Å². The van der Waals surface area contributed by atoms with Gasteiger partial charge >= 0.3 is 0 Å². The number of carbonyl (C=O) groups excluding carboxylic acids is 2. The van der Waals surface area contributed by atoms with Gasteiger partial charge in [0.1, 0.15) is 5.75 Å². The van der Waals surface area contributed by atoms with E-state index in [1.54, 1.807) is 43.3 Å². The molecule has 0 saturated carbocycles. The van der Waals surface area contributed by atoms with Crippen LogP contribution in [0.4, 0.5) is 5.69 Å². The van der Waals surface area contributed by atoms with Crippen LogP contribution in [-0.2, 0) is 4.79 Å². The molecular weight excluding hydrogens is 316 g/mol. The Hall–Kier alpha value is -2.82. The van der Waals surface area contributed by atoms with Gasteiger partial charge in [0, 0.05) is 17.3 Å². The fraction of sp³-hybridized carbons (Fsp3) is 0.300. The van der Waals surface area contributed by atoms with E-state index in [-0.39, 0.29) is 17.9 Å². The number of rotatable bonds is 7. The second-order valence-corrected chi connectivity index (χ2v) is 5.93. The number of amides is 2. The zero-order valence-corrected chi connectivity index (χ0v) is 14.8. The quantitative estimate of drug-likeness (QED) is 0.809. The summed E-state index contributed by atoms with van der Waals surface area (Å²) in [6, 6.07) is 16.1. The molecule has 0 saturated heterocycles. The average molecular weight is 340 g/mol. The van der Waals surface area contributed by atoms with Crippen LogP contribution in [0.3, 0.4) is 0 Å². The highest BCUT2D eigenvalue weighted by molar-refractivity contribution is 5.98. The summed E-state index contributed by atoms with van der Waals surface area (Å²) in [7, 11) is 0. The van der Waals surface area contributed by atoms with Crippen molar-refractivity contribution in [2.24, 2.45) is 0 Å². The van der Waals surface area contributed by atoms with Gasteiger partial charge < -0.3 is 15.4 Å². The summed E-state index contributed by atoms with van der Waals surface area (Å²) in [5.41, 5.74) is 1.07. The minimum absolute atomic E-state index is 0.102. The van der Waals surface area contributed by atoms with Crippen LogP contribution in [-0.4, -0.2) is 24.0 Å². The maximum atomic E-state index is 12.3. The SMILES string of the molecule is CCC(C)NC(=O)c1cccc(NC(=O)C(C)Oc2ccccc2)c1. The topological polar surface area (TPSA) is 67.4 Å². The number of para-hydroxylation sites is 1. The summed E-state index contributed by atoms with van der Waals surface area (Å²) in [6.45, 7) is 5.64. The van der Waals surface area contributed by atoms with E-state index in [0.717, 1.165) is 6.42 Å². The molecule has 2 unspecified atom stereocenters. The molecule has 0 aliphatic heterocycles. The first-order valence-electron chi connectivity index (χ1n) is 8.43. The maximum Gasteiger partial charge on any atom is 0.265 e. The molecule has 2 atom stereocenters. The van der Waals surface area contributed by atoms with Crippen LogP contribution in [0.2, 0.25) is 0 Å². The zero-order valence-electron chi connectivity index (χ0n) is 14.8. The van der Waals surface area contributed by atoms with Crippen LogP contribution in [0, 0.1) is 0 Å². The fourth-order valence-electron chi connectivity index (χ4n) is 2.15. The monoisotopic (exact) mass is 340 g/mol. The molecule has 0 aromatic heterocycles. The van der Waals surface area contributed by atoms with Gasteiger partial charge in [-0.3, -0.25) is 9.59 Å². The molecule has 0 radical (unpaired) electrons. The lowest BCUT2D eigenvalue weighted by atomic mass is 10.1. The van der Waals surface area contributed by atoms with E-state index in [0.29, 0.717) is 17.0 Å². The third kappa shape index (κ3) is 5.64. The van der Waals surface area contributed by atoms with E-state index in [1.165, 1.54) is 0 Å². The predicted octanol–water partition coefficient (Wildman–Crippen LogP) is 3.62. The lowest BCUT2D eigenvalue weighted by Crippen LogP contribution is -2.32. The summed E-state index contributed by atoms with van der Waals surface area (Å²) in [5, 5.41) is 5.69. The van der Waals surface area contributed by atoms with E-state index in [1.807, 2.05) is 32.0 Å². The lowest BCUT2D eigenvalue weighted by molar-refractivity contribution is -0.122. The van der Waals surface area contributed by atoms with Gasteiger partial charge in [-0.15, -0.1) is 0 Å². The molecule has 0 bridgehead atoms. The summed E-state index contributed by atoms with van der Waals surface area (Å²) in [4.78, 5) is 24.5. The first-order valence-corrected chi connectivity index (χ1v) is 8.43. The average Bonchev–Trinajstić information content (AvgIpc) is 2.62. The Labute approximate surface area is 148 Å². The van der Waals surface area contributed by atoms with Crippen molar-refractivity contribution < 1.29 is 14.3 Å². The Balaban J connectivity index is 1.98. The van der Waals surface area contributed by atoms with Gasteiger partial charge in [0.25, 0.3) is 11.8 Å². The smallest absolute Gasteiger partial charge is 0.265 e. The zero-order chi connectivity index (χ0) is 18.2. The first kappa shape index (κ1) is 18.5. The van der Waals surface area contributed by atoms with Crippen molar-refractivity contribution in [2.45, 2.75) is 39.3 Å². The number of nitrogens with one attached hydrogen (secondary N) is 2. The molecule has 0 heterocycles. The molecule has 0 aliphatic carbocycles. The fourth-order valence-corrected chi connectivity index (χ4v) is 2.15. The predicted molar refractivity (Wildman–Crippen MR) is 98.8 cm³/mol. The summed E-state index contributed by atoms with van der Waals surface area (Å²) >= 11 is 0. The van der Waals surface area contributed by atoms with Crippen molar-refractivity contribution in [1.29, 1.82) is 0 Å². The summed E-state index contributed by atoms with van der Waals surface area (Å²) in [5.74, 6) is 0.203. The van der Waals surface area contributed by atoms with Crippen LogP contribution in [0.5, 0.6) is 5.75 Å². The Bertz CT molecular complexity index is 716. The normalized spacial score (nSPS) is 12.8. The van der Waals surface area contributed by atoms with Crippen LogP contribution in [0.1, 0.15) is 37.6 Å². The molecule has 25 heavy (non-hydrogen) atoms. The Morgan fingerprint density at radius 3 is 2.44 bits per heavy atom.